The summed E-state index contributed by atoms with van der Waals surface area (Å²) < 4.78 is 0. The molecule has 2 nitrogen and oxygen atoms in total. The molecule has 2 heteroatoms. The quantitative estimate of drug-likeness (QED) is 0.662. The van der Waals surface area contributed by atoms with Crippen LogP contribution in [0, 0.1) is 11.8 Å². The van der Waals surface area contributed by atoms with Crippen LogP contribution in [0.5, 0.6) is 0 Å². The highest BCUT2D eigenvalue weighted by Gasteiger charge is 2.31. The first-order chi connectivity index (χ1) is 8.72. The van der Waals surface area contributed by atoms with Gasteiger partial charge < -0.3 is 0 Å². The first kappa shape index (κ1) is 12.1. The minimum Gasteiger partial charge on any atom is -0.300 e. The van der Waals surface area contributed by atoms with Crippen LogP contribution in [-0.2, 0) is 9.59 Å². The van der Waals surface area contributed by atoms with Crippen molar-refractivity contribution in [1.29, 1.82) is 0 Å². The van der Waals surface area contributed by atoms with Gasteiger partial charge in [-0.3, -0.25) is 9.59 Å². The number of carbonyl (C=O) groups excluding carboxylic acids is 2. The van der Waals surface area contributed by atoms with E-state index in [9.17, 15) is 9.59 Å². The molecule has 18 heavy (non-hydrogen) atoms. The fraction of sp³-hybridized carbons (Fsp3) is 0.750. The summed E-state index contributed by atoms with van der Waals surface area (Å²) in [5.74, 6) is 2.47. The lowest BCUT2D eigenvalue weighted by atomic mass is 9.69. The van der Waals surface area contributed by atoms with Crippen molar-refractivity contribution in [2.45, 2.75) is 64.2 Å². The van der Waals surface area contributed by atoms with E-state index in [2.05, 4.69) is 0 Å². The predicted molar refractivity (Wildman–Crippen MR) is 70.2 cm³/mol. The summed E-state index contributed by atoms with van der Waals surface area (Å²) in [5, 5.41) is 0. The molecule has 0 heterocycles. The van der Waals surface area contributed by atoms with Crippen molar-refractivity contribution in [3.05, 3.63) is 11.1 Å². The zero-order chi connectivity index (χ0) is 12.5. The van der Waals surface area contributed by atoms with Crippen LogP contribution in [0.3, 0.4) is 0 Å². The Morgan fingerprint density at radius 1 is 0.667 bits per heavy atom. The van der Waals surface area contributed by atoms with Crippen LogP contribution in [0.2, 0.25) is 0 Å². The van der Waals surface area contributed by atoms with Gasteiger partial charge in [0.05, 0.1) is 0 Å². The Labute approximate surface area is 109 Å². The highest BCUT2D eigenvalue weighted by atomic mass is 16.1. The maximum Gasteiger partial charge on any atom is 0.137 e. The van der Waals surface area contributed by atoms with Gasteiger partial charge in [0, 0.05) is 25.7 Å². The second kappa shape index (κ2) is 4.99. The molecule has 0 aliphatic heterocycles. The number of rotatable bonds is 1. The number of hydrogen-bond donors (Lipinski definition) is 0. The molecule has 0 N–H and O–H groups in total. The molecule has 0 spiro atoms. The molecule has 0 bridgehead atoms. The average molecular weight is 246 g/mol. The van der Waals surface area contributed by atoms with Crippen LogP contribution in [-0.4, -0.2) is 11.6 Å². The molecule has 1 saturated carbocycles. The van der Waals surface area contributed by atoms with Gasteiger partial charge in [0.15, 0.2) is 0 Å². The maximum absolute atomic E-state index is 11.5. The van der Waals surface area contributed by atoms with Crippen LogP contribution < -0.4 is 0 Å². The third-order valence-electron chi connectivity index (χ3n) is 5.20. The molecule has 98 valence electrons. The number of ketones is 2. The molecular weight excluding hydrogens is 224 g/mol. The molecule has 1 atom stereocenters. The van der Waals surface area contributed by atoms with Crippen LogP contribution in [0.4, 0.5) is 0 Å². The van der Waals surface area contributed by atoms with Gasteiger partial charge in [-0.2, -0.15) is 0 Å². The lowest BCUT2D eigenvalue weighted by molar-refractivity contribution is -0.121. The summed E-state index contributed by atoms with van der Waals surface area (Å²) >= 11 is 0. The van der Waals surface area contributed by atoms with E-state index in [1.807, 2.05) is 0 Å². The Bertz CT molecular complexity index is 395. The minimum absolute atomic E-state index is 0.440. The van der Waals surface area contributed by atoms with E-state index in [0.717, 1.165) is 63.2 Å². The van der Waals surface area contributed by atoms with E-state index in [1.54, 1.807) is 5.57 Å². The van der Waals surface area contributed by atoms with Crippen molar-refractivity contribution in [1.82, 2.24) is 0 Å². The Kier molecular flexibility index (Phi) is 3.36. The smallest absolute Gasteiger partial charge is 0.137 e. The van der Waals surface area contributed by atoms with Crippen molar-refractivity contribution in [2.75, 3.05) is 0 Å². The normalized spacial score (nSPS) is 30.6. The molecule has 0 radical (unpaired) electrons. The first-order valence-electron chi connectivity index (χ1n) is 7.45. The molecule has 1 fully saturated rings. The van der Waals surface area contributed by atoms with Gasteiger partial charge in [-0.25, -0.2) is 0 Å². The monoisotopic (exact) mass is 246 g/mol. The first-order valence-corrected chi connectivity index (χ1v) is 7.45. The van der Waals surface area contributed by atoms with Gasteiger partial charge in [0.25, 0.3) is 0 Å². The molecule has 3 rings (SSSR count). The Balaban J connectivity index is 1.64. The molecule has 1 unspecified atom stereocenters. The molecule has 0 saturated heterocycles. The summed E-state index contributed by atoms with van der Waals surface area (Å²) in [6.45, 7) is 0. The summed E-state index contributed by atoms with van der Waals surface area (Å²) in [7, 11) is 0. The van der Waals surface area contributed by atoms with E-state index < -0.39 is 0 Å². The van der Waals surface area contributed by atoms with Gasteiger partial charge in [-0.1, -0.05) is 11.1 Å². The van der Waals surface area contributed by atoms with Gasteiger partial charge >= 0.3 is 0 Å². The van der Waals surface area contributed by atoms with E-state index in [1.165, 1.54) is 18.4 Å². The zero-order valence-electron chi connectivity index (χ0n) is 11.0. The summed E-state index contributed by atoms with van der Waals surface area (Å²) in [4.78, 5) is 22.8. The highest BCUT2D eigenvalue weighted by molar-refractivity contribution is 5.82. The lowest BCUT2D eigenvalue weighted by Gasteiger charge is -2.36. The number of allylic oxidation sites excluding steroid dienone is 2. The topological polar surface area (TPSA) is 34.1 Å². The molecular formula is C16H22O2. The summed E-state index contributed by atoms with van der Waals surface area (Å²) in [5.41, 5.74) is 3.07. The van der Waals surface area contributed by atoms with Crippen molar-refractivity contribution >= 4 is 11.6 Å². The van der Waals surface area contributed by atoms with Gasteiger partial charge in [-0.05, 0) is 50.4 Å². The van der Waals surface area contributed by atoms with Gasteiger partial charge in [0.2, 0.25) is 0 Å². The maximum atomic E-state index is 11.5. The van der Waals surface area contributed by atoms with Crippen LogP contribution >= 0.6 is 0 Å². The second-order valence-electron chi connectivity index (χ2n) is 6.30. The van der Waals surface area contributed by atoms with Crippen LogP contribution in [0.1, 0.15) is 64.2 Å². The van der Waals surface area contributed by atoms with E-state index >= 15 is 0 Å². The zero-order valence-corrected chi connectivity index (χ0v) is 11.0. The largest absolute Gasteiger partial charge is 0.300 e. The van der Waals surface area contributed by atoms with E-state index in [-0.39, 0.29) is 0 Å². The van der Waals surface area contributed by atoms with Gasteiger partial charge in [0.1, 0.15) is 11.6 Å². The van der Waals surface area contributed by atoms with Crippen molar-refractivity contribution in [3.63, 3.8) is 0 Å². The SMILES string of the molecule is O=C1CCC(C2CCC3=C(CCC(=O)C3)C2)CC1. The molecule has 0 amide bonds. The van der Waals surface area contributed by atoms with Crippen LogP contribution in [0.15, 0.2) is 11.1 Å². The Morgan fingerprint density at radius 2 is 1.39 bits per heavy atom. The number of Topliss-reactive ketones (excluding diaryl/α,β-unsaturated/α-hetero) is 2. The fourth-order valence-electron chi connectivity index (χ4n) is 4.04. The van der Waals surface area contributed by atoms with Crippen molar-refractivity contribution in [3.8, 4) is 0 Å². The van der Waals surface area contributed by atoms with Gasteiger partial charge in [-0.15, -0.1) is 0 Å². The summed E-state index contributed by atoms with van der Waals surface area (Å²) in [6.07, 6.45) is 10.0. The van der Waals surface area contributed by atoms with Crippen LogP contribution in [0.25, 0.3) is 0 Å². The standard InChI is InChI=1S/C16H22O2/c17-15-6-3-11(4-7-15)12-1-2-14-10-16(18)8-5-13(14)9-12/h11-12H,1-10H2. The molecule has 0 aromatic rings. The van der Waals surface area contributed by atoms with E-state index in [0.29, 0.717) is 11.6 Å². The highest BCUT2D eigenvalue weighted by Crippen LogP contribution is 2.43. The lowest BCUT2D eigenvalue weighted by Crippen LogP contribution is -2.26. The minimum atomic E-state index is 0.440. The molecule has 0 aromatic carbocycles. The molecule has 3 aliphatic carbocycles. The second-order valence-corrected chi connectivity index (χ2v) is 6.30. The molecule has 0 aromatic heterocycles. The Morgan fingerprint density at radius 3 is 2.17 bits per heavy atom. The number of hydrogen-bond acceptors (Lipinski definition) is 2. The van der Waals surface area contributed by atoms with Crippen molar-refractivity contribution in [2.24, 2.45) is 11.8 Å². The number of carbonyl (C=O) groups is 2. The Hall–Kier alpha value is -0.920. The summed E-state index contributed by atoms with van der Waals surface area (Å²) in [6, 6.07) is 0. The average Bonchev–Trinajstić information content (AvgIpc) is 2.39. The van der Waals surface area contributed by atoms with Crippen molar-refractivity contribution < 1.29 is 9.59 Å². The third-order valence-corrected chi connectivity index (χ3v) is 5.20. The molecule has 3 aliphatic rings. The fourth-order valence-corrected chi connectivity index (χ4v) is 4.04. The van der Waals surface area contributed by atoms with E-state index in [4.69, 9.17) is 0 Å². The predicted octanol–water partition coefficient (Wildman–Crippen LogP) is 3.60. The third kappa shape index (κ3) is 2.43.